The summed E-state index contributed by atoms with van der Waals surface area (Å²) in [5.41, 5.74) is 1.65. The SMILES string of the molecule is Cc1cc(CCCCCCC(C)C)cc(C(=O)O)c1O. The summed E-state index contributed by atoms with van der Waals surface area (Å²) in [5.74, 6) is -0.407. The normalized spacial score (nSPS) is 11.0. The smallest absolute Gasteiger partial charge is 0.339 e. The Labute approximate surface area is 121 Å². The second kappa shape index (κ2) is 7.93. The van der Waals surface area contributed by atoms with Gasteiger partial charge in [0.25, 0.3) is 0 Å². The molecule has 0 radical (unpaired) electrons. The number of aryl methyl sites for hydroxylation is 2. The molecule has 0 aliphatic carbocycles. The number of benzene rings is 1. The van der Waals surface area contributed by atoms with Gasteiger partial charge in [-0.1, -0.05) is 45.6 Å². The van der Waals surface area contributed by atoms with Crippen LogP contribution in [0, 0.1) is 12.8 Å². The second-order valence-electron chi connectivity index (χ2n) is 5.96. The molecule has 0 aliphatic heterocycles. The van der Waals surface area contributed by atoms with E-state index in [9.17, 15) is 9.90 Å². The van der Waals surface area contributed by atoms with Crippen LogP contribution in [0.25, 0.3) is 0 Å². The molecule has 1 aromatic carbocycles. The topological polar surface area (TPSA) is 57.5 Å². The number of unbranched alkanes of at least 4 members (excludes halogenated alkanes) is 3. The molecule has 0 saturated heterocycles. The van der Waals surface area contributed by atoms with Crippen molar-refractivity contribution in [1.29, 1.82) is 0 Å². The molecule has 0 heterocycles. The molecule has 0 atom stereocenters. The minimum Gasteiger partial charge on any atom is -0.507 e. The van der Waals surface area contributed by atoms with Gasteiger partial charge in [0.2, 0.25) is 0 Å². The van der Waals surface area contributed by atoms with Crippen molar-refractivity contribution in [2.45, 2.75) is 59.3 Å². The molecular weight excluding hydrogens is 252 g/mol. The molecule has 2 N–H and O–H groups in total. The van der Waals surface area contributed by atoms with E-state index in [0.29, 0.717) is 5.56 Å². The van der Waals surface area contributed by atoms with E-state index in [1.54, 1.807) is 13.0 Å². The lowest BCUT2D eigenvalue weighted by Gasteiger charge is -2.08. The van der Waals surface area contributed by atoms with Crippen LogP contribution in [0.5, 0.6) is 5.75 Å². The van der Waals surface area contributed by atoms with Gasteiger partial charge in [0, 0.05) is 0 Å². The number of hydrogen-bond acceptors (Lipinski definition) is 2. The third kappa shape index (κ3) is 5.24. The fourth-order valence-corrected chi connectivity index (χ4v) is 2.40. The van der Waals surface area contributed by atoms with Crippen molar-refractivity contribution in [1.82, 2.24) is 0 Å². The minimum atomic E-state index is -1.07. The number of carboxylic acid groups (broad SMARTS) is 1. The third-order valence-corrected chi connectivity index (χ3v) is 3.59. The molecule has 3 nitrogen and oxygen atoms in total. The molecule has 1 aromatic rings. The molecule has 0 aliphatic rings. The molecule has 0 fully saturated rings. The van der Waals surface area contributed by atoms with E-state index >= 15 is 0 Å². The molecule has 3 heteroatoms. The van der Waals surface area contributed by atoms with Gasteiger partial charge < -0.3 is 10.2 Å². The van der Waals surface area contributed by atoms with Crippen molar-refractivity contribution in [2.75, 3.05) is 0 Å². The summed E-state index contributed by atoms with van der Waals surface area (Å²) >= 11 is 0. The Morgan fingerprint density at radius 2 is 1.80 bits per heavy atom. The largest absolute Gasteiger partial charge is 0.507 e. The lowest BCUT2D eigenvalue weighted by molar-refractivity contribution is 0.0693. The van der Waals surface area contributed by atoms with Gasteiger partial charge in [-0.05, 0) is 42.9 Å². The summed E-state index contributed by atoms with van der Waals surface area (Å²) in [6.07, 6.45) is 6.91. The van der Waals surface area contributed by atoms with E-state index in [2.05, 4.69) is 13.8 Å². The van der Waals surface area contributed by atoms with Crippen LogP contribution in [0.1, 0.15) is 67.4 Å². The fraction of sp³-hybridized carbons (Fsp3) is 0.588. The Hall–Kier alpha value is -1.51. The zero-order chi connectivity index (χ0) is 15.1. The van der Waals surface area contributed by atoms with Crippen LogP contribution in [0.15, 0.2) is 12.1 Å². The van der Waals surface area contributed by atoms with Gasteiger partial charge in [0.15, 0.2) is 0 Å². The minimum absolute atomic E-state index is 0.0137. The van der Waals surface area contributed by atoms with Gasteiger partial charge in [-0.25, -0.2) is 4.79 Å². The lowest BCUT2D eigenvalue weighted by Crippen LogP contribution is -2.00. The Balaban J connectivity index is 2.46. The first-order chi connectivity index (χ1) is 9.41. The molecule has 20 heavy (non-hydrogen) atoms. The van der Waals surface area contributed by atoms with Crippen LogP contribution in [0.4, 0.5) is 0 Å². The highest BCUT2D eigenvalue weighted by molar-refractivity contribution is 5.91. The van der Waals surface area contributed by atoms with Crippen LogP contribution in [-0.4, -0.2) is 16.2 Å². The highest BCUT2D eigenvalue weighted by atomic mass is 16.4. The van der Waals surface area contributed by atoms with E-state index in [1.165, 1.54) is 25.7 Å². The Kier molecular flexibility index (Phi) is 6.56. The van der Waals surface area contributed by atoms with Gasteiger partial charge in [0.1, 0.15) is 11.3 Å². The van der Waals surface area contributed by atoms with Gasteiger partial charge in [-0.3, -0.25) is 0 Å². The predicted octanol–water partition coefficient (Wildman–Crippen LogP) is 4.55. The zero-order valence-corrected chi connectivity index (χ0v) is 12.8. The van der Waals surface area contributed by atoms with Gasteiger partial charge in [-0.15, -0.1) is 0 Å². The van der Waals surface area contributed by atoms with E-state index < -0.39 is 5.97 Å². The van der Waals surface area contributed by atoms with Crippen molar-refractivity contribution in [3.8, 4) is 5.75 Å². The van der Waals surface area contributed by atoms with Crippen LogP contribution < -0.4 is 0 Å². The van der Waals surface area contributed by atoms with Crippen LogP contribution >= 0.6 is 0 Å². The van der Waals surface area contributed by atoms with Crippen LogP contribution in [0.3, 0.4) is 0 Å². The van der Waals surface area contributed by atoms with E-state index in [0.717, 1.165) is 24.3 Å². The van der Waals surface area contributed by atoms with Gasteiger partial charge >= 0.3 is 5.97 Å². The van der Waals surface area contributed by atoms with Crippen LogP contribution in [-0.2, 0) is 6.42 Å². The zero-order valence-electron chi connectivity index (χ0n) is 12.8. The molecule has 0 bridgehead atoms. The highest BCUT2D eigenvalue weighted by Gasteiger charge is 2.13. The number of carbonyl (C=O) groups is 1. The van der Waals surface area contributed by atoms with E-state index in [-0.39, 0.29) is 11.3 Å². The van der Waals surface area contributed by atoms with Gasteiger partial charge in [0.05, 0.1) is 0 Å². The average Bonchev–Trinajstić information content (AvgIpc) is 2.36. The summed E-state index contributed by atoms with van der Waals surface area (Å²) in [7, 11) is 0. The summed E-state index contributed by atoms with van der Waals surface area (Å²) < 4.78 is 0. The predicted molar refractivity (Wildman–Crippen MR) is 81.4 cm³/mol. The van der Waals surface area contributed by atoms with Crippen LogP contribution in [0.2, 0.25) is 0 Å². The molecule has 0 unspecified atom stereocenters. The number of rotatable bonds is 8. The first kappa shape index (κ1) is 16.5. The first-order valence-corrected chi connectivity index (χ1v) is 7.47. The highest BCUT2D eigenvalue weighted by Crippen LogP contribution is 2.25. The number of hydrogen-bond donors (Lipinski definition) is 2. The Bertz CT molecular complexity index is 450. The summed E-state index contributed by atoms with van der Waals surface area (Å²) in [6, 6.07) is 3.48. The molecule has 112 valence electrons. The van der Waals surface area contributed by atoms with Crippen molar-refractivity contribution in [3.63, 3.8) is 0 Å². The van der Waals surface area contributed by atoms with E-state index in [1.807, 2.05) is 6.07 Å². The number of aromatic hydroxyl groups is 1. The number of carboxylic acids is 1. The standard InChI is InChI=1S/C17H26O3/c1-12(2)8-6-4-5-7-9-14-10-13(3)16(18)15(11-14)17(19)20/h10-12,18H,4-9H2,1-3H3,(H,19,20). The number of phenols is 1. The maximum atomic E-state index is 11.0. The molecule has 0 saturated carbocycles. The van der Waals surface area contributed by atoms with Crippen molar-refractivity contribution in [2.24, 2.45) is 5.92 Å². The van der Waals surface area contributed by atoms with E-state index in [4.69, 9.17) is 5.11 Å². The second-order valence-corrected chi connectivity index (χ2v) is 5.96. The fourth-order valence-electron chi connectivity index (χ4n) is 2.40. The summed E-state index contributed by atoms with van der Waals surface area (Å²) in [6.45, 7) is 6.23. The first-order valence-electron chi connectivity index (χ1n) is 7.47. The summed E-state index contributed by atoms with van der Waals surface area (Å²) in [5, 5.41) is 18.8. The molecule has 0 amide bonds. The Morgan fingerprint density at radius 1 is 1.15 bits per heavy atom. The maximum Gasteiger partial charge on any atom is 0.339 e. The van der Waals surface area contributed by atoms with Crippen molar-refractivity contribution in [3.05, 3.63) is 28.8 Å². The quantitative estimate of drug-likeness (QED) is 0.686. The third-order valence-electron chi connectivity index (χ3n) is 3.59. The molecule has 0 spiro atoms. The average molecular weight is 278 g/mol. The molecule has 0 aromatic heterocycles. The number of aromatic carboxylic acids is 1. The monoisotopic (exact) mass is 278 g/mol. The molecular formula is C17H26O3. The van der Waals surface area contributed by atoms with Crippen molar-refractivity contribution < 1.29 is 15.0 Å². The summed E-state index contributed by atoms with van der Waals surface area (Å²) in [4.78, 5) is 11.0. The maximum absolute atomic E-state index is 11.0. The lowest BCUT2D eigenvalue weighted by atomic mass is 9.99. The van der Waals surface area contributed by atoms with Gasteiger partial charge in [-0.2, -0.15) is 0 Å². The van der Waals surface area contributed by atoms with Crippen molar-refractivity contribution >= 4 is 5.97 Å². The Morgan fingerprint density at radius 3 is 2.40 bits per heavy atom. The molecule has 1 rings (SSSR count).